The predicted octanol–water partition coefficient (Wildman–Crippen LogP) is 2.85. The number of rotatable bonds is 3. The van der Waals surface area contributed by atoms with E-state index < -0.39 is 0 Å². The third-order valence-electron chi connectivity index (χ3n) is 2.15. The van der Waals surface area contributed by atoms with Gasteiger partial charge in [-0.1, -0.05) is 23.7 Å². The molecule has 72 valence electrons. The first-order valence-corrected chi connectivity index (χ1v) is 4.94. The van der Waals surface area contributed by atoms with Crippen LogP contribution >= 0.6 is 11.6 Å². The standard InChI is InChI=1S/C11H11ClN2/c12-10-4-1-9(2-5-10)3-6-11-7-13-8-14-11/h1-2,4-5,7-8H,3,6H2,(H,13,14). The van der Waals surface area contributed by atoms with Crippen molar-refractivity contribution in [1.29, 1.82) is 0 Å². The Morgan fingerprint density at radius 3 is 2.57 bits per heavy atom. The summed E-state index contributed by atoms with van der Waals surface area (Å²) in [5, 5.41) is 0.787. The first-order chi connectivity index (χ1) is 6.84. The van der Waals surface area contributed by atoms with Crippen molar-refractivity contribution < 1.29 is 0 Å². The van der Waals surface area contributed by atoms with Gasteiger partial charge in [-0.3, -0.25) is 0 Å². The van der Waals surface area contributed by atoms with Crippen molar-refractivity contribution in [3.05, 3.63) is 53.1 Å². The van der Waals surface area contributed by atoms with Gasteiger partial charge < -0.3 is 4.98 Å². The Morgan fingerprint density at radius 2 is 1.93 bits per heavy atom. The van der Waals surface area contributed by atoms with Crippen molar-refractivity contribution in [2.75, 3.05) is 0 Å². The van der Waals surface area contributed by atoms with Crippen LogP contribution in [0.5, 0.6) is 0 Å². The van der Waals surface area contributed by atoms with Crippen molar-refractivity contribution >= 4 is 11.6 Å². The number of nitrogens with one attached hydrogen (secondary N) is 1. The van der Waals surface area contributed by atoms with E-state index in [1.165, 1.54) is 11.3 Å². The lowest BCUT2D eigenvalue weighted by atomic mass is 10.1. The van der Waals surface area contributed by atoms with Gasteiger partial charge in [-0.05, 0) is 30.5 Å². The Hall–Kier alpha value is -1.28. The molecule has 2 nitrogen and oxygen atoms in total. The van der Waals surface area contributed by atoms with Gasteiger partial charge in [0.2, 0.25) is 0 Å². The number of hydrogen-bond acceptors (Lipinski definition) is 1. The molecule has 0 atom stereocenters. The molecule has 0 radical (unpaired) electrons. The Bertz CT molecular complexity index is 378. The van der Waals surface area contributed by atoms with Crippen LogP contribution in [-0.2, 0) is 12.8 Å². The number of imidazole rings is 1. The molecule has 2 aromatic rings. The van der Waals surface area contributed by atoms with E-state index in [0.29, 0.717) is 0 Å². The molecule has 0 unspecified atom stereocenters. The summed E-state index contributed by atoms with van der Waals surface area (Å²) in [7, 11) is 0. The average molecular weight is 207 g/mol. The zero-order chi connectivity index (χ0) is 9.80. The Labute approximate surface area is 88.0 Å². The Morgan fingerprint density at radius 1 is 1.14 bits per heavy atom. The fourth-order valence-electron chi connectivity index (χ4n) is 1.35. The van der Waals surface area contributed by atoms with Crippen LogP contribution < -0.4 is 0 Å². The van der Waals surface area contributed by atoms with E-state index in [4.69, 9.17) is 11.6 Å². The number of halogens is 1. The summed E-state index contributed by atoms with van der Waals surface area (Å²) in [5.41, 5.74) is 2.46. The lowest BCUT2D eigenvalue weighted by Crippen LogP contribution is -1.90. The van der Waals surface area contributed by atoms with Gasteiger partial charge in [0.15, 0.2) is 0 Å². The minimum Gasteiger partial charge on any atom is -0.348 e. The third-order valence-corrected chi connectivity index (χ3v) is 2.40. The fourth-order valence-corrected chi connectivity index (χ4v) is 1.48. The fraction of sp³-hybridized carbons (Fsp3) is 0.182. The number of aromatic amines is 1. The maximum Gasteiger partial charge on any atom is 0.0921 e. The highest BCUT2D eigenvalue weighted by Crippen LogP contribution is 2.11. The second-order valence-corrected chi connectivity index (χ2v) is 3.64. The molecular formula is C11H11ClN2. The average Bonchev–Trinajstić information content (AvgIpc) is 2.70. The van der Waals surface area contributed by atoms with E-state index >= 15 is 0 Å². The van der Waals surface area contributed by atoms with Crippen molar-refractivity contribution in [1.82, 2.24) is 9.97 Å². The van der Waals surface area contributed by atoms with Crippen LogP contribution in [0.4, 0.5) is 0 Å². The lowest BCUT2D eigenvalue weighted by Gasteiger charge is -1.99. The van der Waals surface area contributed by atoms with Gasteiger partial charge in [-0.25, -0.2) is 4.98 Å². The molecule has 2 rings (SSSR count). The molecule has 0 fully saturated rings. The van der Waals surface area contributed by atoms with Gasteiger partial charge in [0.05, 0.1) is 6.33 Å². The number of nitrogens with zero attached hydrogens (tertiary/aromatic N) is 1. The number of H-pyrrole nitrogens is 1. The van der Waals surface area contributed by atoms with Crippen LogP contribution in [-0.4, -0.2) is 9.97 Å². The highest BCUT2D eigenvalue weighted by Gasteiger charge is 1.96. The van der Waals surface area contributed by atoms with Crippen molar-refractivity contribution in [3.63, 3.8) is 0 Å². The molecule has 0 saturated carbocycles. The predicted molar refractivity (Wildman–Crippen MR) is 57.4 cm³/mol. The summed E-state index contributed by atoms with van der Waals surface area (Å²) < 4.78 is 0. The van der Waals surface area contributed by atoms with Crippen LogP contribution in [0, 0.1) is 0 Å². The van der Waals surface area contributed by atoms with Gasteiger partial charge in [0.1, 0.15) is 0 Å². The van der Waals surface area contributed by atoms with Crippen LogP contribution in [0.1, 0.15) is 11.3 Å². The summed E-state index contributed by atoms with van der Waals surface area (Å²) in [6.45, 7) is 0. The van der Waals surface area contributed by atoms with E-state index in [0.717, 1.165) is 17.9 Å². The van der Waals surface area contributed by atoms with Crippen LogP contribution in [0.25, 0.3) is 0 Å². The largest absolute Gasteiger partial charge is 0.348 e. The second-order valence-electron chi connectivity index (χ2n) is 3.20. The highest BCUT2D eigenvalue weighted by molar-refractivity contribution is 6.30. The number of aryl methyl sites for hydroxylation is 2. The van der Waals surface area contributed by atoms with E-state index in [-0.39, 0.29) is 0 Å². The van der Waals surface area contributed by atoms with Crippen molar-refractivity contribution in [3.8, 4) is 0 Å². The SMILES string of the molecule is Clc1ccc(CCc2cnc[nH]2)cc1. The number of hydrogen-bond donors (Lipinski definition) is 1. The molecule has 1 N–H and O–H groups in total. The normalized spacial score (nSPS) is 10.4. The van der Waals surface area contributed by atoms with Gasteiger partial charge in [-0.2, -0.15) is 0 Å². The van der Waals surface area contributed by atoms with Gasteiger partial charge in [0, 0.05) is 16.9 Å². The van der Waals surface area contributed by atoms with Gasteiger partial charge in [0.25, 0.3) is 0 Å². The molecule has 0 aliphatic rings. The summed E-state index contributed by atoms with van der Waals surface area (Å²) in [4.78, 5) is 7.05. The minimum atomic E-state index is 0.787. The smallest absolute Gasteiger partial charge is 0.0921 e. The Balaban J connectivity index is 1.95. The van der Waals surface area contributed by atoms with Gasteiger partial charge >= 0.3 is 0 Å². The highest BCUT2D eigenvalue weighted by atomic mass is 35.5. The van der Waals surface area contributed by atoms with E-state index in [1.807, 2.05) is 18.3 Å². The third kappa shape index (κ3) is 2.36. The molecule has 1 aromatic carbocycles. The zero-order valence-electron chi connectivity index (χ0n) is 7.70. The first-order valence-electron chi connectivity index (χ1n) is 4.56. The molecule has 14 heavy (non-hydrogen) atoms. The molecule has 3 heteroatoms. The van der Waals surface area contributed by atoms with Gasteiger partial charge in [-0.15, -0.1) is 0 Å². The summed E-state index contributed by atoms with van der Waals surface area (Å²) >= 11 is 5.80. The molecule has 1 aromatic heterocycles. The summed E-state index contributed by atoms with van der Waals surface area (Å²) in [6, 6.07) is 7.95. The molecule has 0 aliphatic carbocycles. The quantitative estimate of drug-likeness (QED) is 0.822. The molecule has 0 saturated heterocycles. The van der Waals surface area contributed by atoms with E-state index in [9.17, 15) is 0 Å². The van der Waals surface area contributed by atoms with Crippen molar-refractivity contribution in [2.45, 2.75) is 12.8 Å². The van der Waals surface area contributed by atoms with Crippen LogP contribution in [0.15, 0.2) is 36.8 Å². The first kappa shape index (κ1) is 9.28. The molecule has 0 bridgehead atoms. The molecular weight excluding hydrogens is 196 g/mol. The maximum atomic E-state index is 5.80. The molecule has 0 amide bonds. The molecule has 1 heterocycles. The topological polar surface area (TPSA) is 28.7 Å². The van der Waals surface area contributed by atoms with E-state index in [1.54, 1.807) is 6.33 Å². The zero-order valence-corrected chi connectivity index (χ0v) is 8.46. The molecule has 0 spiro atoms. The number of aromatic nitrogens is 2. The Kier molecular flexibility index (Phi) is 2.84. The second kappa shape index (κ2) is 4.29. The lowest BCUT2D eigenvalue weighted by molar-refractivity contribution is 0.925. The minimum absolute atomic E-state index is 0.787. The summed E-state index contributed by atoms with van der Waals surface area (Å²) in [5.74, 6) is 0. The summed E-state index contributed by atoms with van der Waals surface area (Å²) in [6.07, 6.45) is 5.56. The molecule has 0 aliphatic heterocycles. The monoisotopic (exact) mass is 206 g/mol. The van der Waals surface area contributed by atoms with E-state index in [2.05, 4.69) is 22.1 Å². The number of benzene rings is 1. The van der Waals surface area contributed by atoms with Crippen LogP contribution in [0.2, 0.25) is 5.02 Å². The van der Waals surface area contributed by atoms with Crippen molar-refractivity contribution in [2.24, 2.45) is 0 Å². The maximum absolute atomic E-state index is 5.80. The van der Waals surface area contributed by atoms with Crippen LogP contribution in [0.3, 0.4) is 0 Å².